The first-order valence-electron chi connectivity index (χ1n) is 10.2. The van der Waals surface area contributed by atoms with Gasteiger partial charge in [0.05, 0.1) is 29.9 Å². The fourth-order valence-corrected chi connectivity index (χ4v) is 4.38. The number of thiophene rings is 1. The van der Waals surface area contributed by atoms with E-state index in [0.717, 1.165) is 21.2 Å². The summed E-state index contributed by atoms with van der Waals surface area (Å²) in [6.07, 6.45) is 4.26. The van der Waals surface area contributed by atoms with Gasteiger partial charge in [0.25, 0.3) is 5.91 Å². The van der Waals surface area contributed by atoms with Crippen LogP contribution < -0.4 is 15.0 Å². The lowest BCUT2D eigenvalue weighted by molar-refractivity contribution is 0.0994. The van der Waals surface area contributed by atoms with Gasteiger partial charge in [0.1, 0.15) is 12.4 Å². The summed E-state index contributed by atoms with van der Waals surface area (Å²) in [4.78, 5) is 34.9. The Morgan fingerprint density at radius 2 is 2.00 bits per heavy atom. The normalized spacial score (nSPS) is 10.5. The van der Waals surface area contributed by atoms with E-state index in [9.17, 15) is 19.2 Å². The second kappa shape index (κ2) is 10.1. The van der Waals surface area contributed by atoms with Gasteiger partial charge in [0.15, 0.2) is 11.6 Å². The van der Waals surface area contributed by atoms with Crippen molar-refractivity contribution in [3.05, 3.63) is 65.7 Å². The maximum Gasteiger partial charge on any atom is 0.412 e. The molecule has 35 heavy (non-hydrogen) atoms. The molecule has 176 valence electrons. The molecule has 1 N–H and O–H groups in total. The zero-order chi connectivity index (χ0) is 24.9. The molecule has 9 nitrogen and oxygen atoms in total. The van der Waals surface area contributed by atoms with Crippen molar-refractivity contribution in [1.82, 2.24) is 9.97 Å². The van der Waals surface area contributed by atoms with Crippen LogP contribution in [-0.2, 0) is 4.74 Å². The lowest BCUT2D eigenvalue weighted by atomic mass is 10.1. The number of hydrogen-bond acceptors (Lipinski definition) is 8. The molecule has 4 rings (SSSR count). The molecule has 0 aliphatic carbocycles. The van der Waals surface area contributed by atoms with Crippen LogP contribution in [0.25, 0.3) is 21.2 Å². The van der Waals surface area contributed by atoms with Gasteiger partial charge < -0.3 is 9.47 Å². The van der Waals surface area contributed by atoms with Crippen molar-refractivity contribution in [3.8, 4) is 22.9 Å². The summed E-state index contributed by atoms with van der Waals surface area (Å²) in [5.41, 5.74) is 1.81. The van der Waals surface area contributed by atoms with Gasteiger partial charge in [-0.25, -0.2) is 14.2 Å². The molecule has 0 atom stereocenters. The molecular weight excluding hydrogens is 473 g/mol. The maximum absolute atomic E-state index is 13.9. The van der Waals surface area contributed by atoms with E-state index in [-0.39, 0.29) is 12.3 Å². The van der Waals surface area contributed by atoms with Gasteiger partial charge >= 0.3 is 6.09 Å². The van der Waals surface area contributed by atoms with E-state index in [1.165, 1.54) is 48.7 Å². The van der Waals surface area contributed by atoms with E-state index in [4.69, 9.17) is 4.74 Å². The molecule has 0 bridgehead atoms. The Bertz CT molecular complexity index is 1450. The minimum absolute atomic E-state index is 0.0290. The van der Waals surface area contributed by atoms with E-state index >= 15 is 0 Å². The predicted octanol–water partition coefficient (Wildman–Crippen LogP) is 4.85. The number of aromatic nitrogens is 2. The average molecular weight is 492 g/mol. The Balaban J connectivity index is 1.69. The number of nitrogens with one attached hydrogen (secondary N) is 1. The SMILES string of the molecule is COC(=O)Nc1ccc(-c2cncc3sc(C(=O)N(CC#N)c4ccc(F)c(OC)c4)cc23)cn1. The quantitative estimate of drug-likeness (QED) is 0.383. The van der Waals surface area contributed by atoms with Crippen molar-refractivity contribution < 1.29 is 23.5 Å². The smallest absolute Gasteiger partial charge is 0.412 e. The Morgan fingerprint density at radius 3 is 2.69 bits per heavy atom. The molecule has 3 aromatic heterocycles. The van der Waals surface area contributed by atoms with Crippen LogP contribution in [0.1, 0.15) is 9.67 Å². The van der Waals surface area contributed by atoms with Gasteiger partial charge in [-0.05, 0) is 30.3 Å². The highest BCUT2D eigenvalue weighted by Crippen LogP contribution is 2.35. The van der Waals surface area contributed by atoms with Crippen LogP contribution in [-0.4, -0.2) is 42.7 Å². The first-order valence-corrected chi connectivity index (χ1v) is 11.0. The van der Waals surface area contributed by atoms with E-state index in [0.29, 0.717) is 16.4 Å². The van der Waals surface area contributed by atoms with Crippen LogP contribution in [0.15, 0.2) is 55.0 Å². The number of rotatable bonds is 6. The third-order valence-electron chi connectivity index (χ3n) is 5.07. The summed E-state index contributed by atoms with van der Waals surface area (Å²) in [6, 6.07) is 11.1. The minimum atomic E-state index is -0.629. The molecule has 1 aromatic carbocycles. The largest absolute Gasteiger partial charge is 0.494 e. The number of nitriles is 1. The van der Waals surface area contributed by atoms with Gasteiger partial charge in [-0.2, -0.15) is 5.26 Å². The van der Waals surface area contributed by atoms with E-state index in [2.05, 4.69) is 20.0 Å². The number of fused-ring (bicyclic) bond motifs is 1. The molecule has 11 heteroatoms. The molecule has 2 amide bonds. The number of ether oxygens (including phenoxy) is 2. The van der Waals surface area contributed by atoms with Crippen LogP contribution in [0.3, 0.4) is 0 Å². The van der Waals surface area contributed by atoms with Gasteiger partial charge in [-0.15, -0.1) is 11.3 Å². The zero-order valence-electron chi connectivity index (χ0n) is 18.6. The first-order chi connectivity index (χ1) is 16.9. The van der Waals surface area contributed by atoms with Gasteiger partial charge in [0, 0.05) is 46.9 Å². The summed E-state index contributed by atoms with van der Waals surface area (Å²) in [6.45, 7) is -0.231. The number of methoxy groups -OCH3 is 2. The molecule has 0 fully saturated rings. The van der Waals surface area contributed by atoms with Gasteiger partial charge in [0.2, 0.25) is 0 Å². The second-order valence-electron chi connectivity index (χ2n) is 7.13. The summed E-state index contributed by atoms with van der Waals surface area (Å²) in [5.74, 6) is -0.690. The fourth-order valence-electron chi connectivity index (χ4n) is 3.38. The lowest BCUT2D eigenvalue weighted by Crippen LogP contribution is -2.30. The van der Waals surface area contributed by atoms with Crippen molar-refractivity contribution in [2.45, 2.75) is 0 Å². The molecule has 4 aromatic rings. The molecule has 0 aliphatic rings. The predicted molar refractivity (Wildman–Crippen MR) is 129 cm³/mol. The van der Waals surface area contributed by atoms with Crippen molar-refractivity contribution in [2.75, 3.05) is 31.0 Å². The third-order valence-corrected chi connectivity index (χ3v) is 6.13. The molecule has 0 saturated heterocycles. The molecule has 0 unspecified atom stereocenters. The summed E-state index contributed by atoms with van der Waals surface area (Å²) in [7, 11) is 2.59. The second-order valence-corrected chi connectivity index (χ2v) is 8.21. The van der Waals surface area contributed by atoms with Crippen LogP contribution in [0, 0.1) is 17.1 Å². The number of anilines is 2. The van der Waals surface area contributed by atoms with Crippen molar-refractivity contribution in [2.24, 2.45) is 0 Å². The minimum Gasteiger partial charge on any atom is -0.494 e. The van der Waals surface area contributed by atoms with Gasteiger partial charge in [-0.1, -0.05) is 0 Å². The Labute approximate surface area is 203 Å². The van der Waals surface area contributed by atoms with Crippen molar-refractivity contribution in [1.29, 1.82) is 5.26 Å². The zero-order valence-corrected chi connectivity index (χ0v) is 19.4. The number of pyridine rings is 2. The van der Waals surface area contributed by atoms with E-state index in [1.54, 1.807) is 36.8 Å². The summed E-state index contributed by atoms with van der Waals surface area (Å²) >= 11 is 1.23. The fraction of sp³-hybridized carbons (Fsp3) is 0.125. The molecule has 0 saturated carbocycles. The van der Waals surface area contributed by atoms with E-state index < -0.39 is 17.8 Å². The monoisotopic (exact) mass is 491 g/mol. The Kier molecular flexibility index (Phi) is 6.84. The highest BCUT2D eigenvalue weighted by Gasteiger charge is 2.22. The van der Waals surface area contributed by atoms with Crippen molar-refractivity contribution in [3.63, 3.8) is 0 Å². The Morgan fingerprint density at radius 1 is 1.17 bits per heavy atom. The number of benzene rings is 1. The number of carbonyl (C=O) groups is 2. The van der Waals surface area contributed by atoms with Crippen molar-refractivity contribution >= 4 is 44.9 Å². The number of halogens is 1. The number of nitrogens with zero attached hydrogens (tertiary/aromatic N) is 4. The average Bonchev–Trinajstić information content (AvgIpc) is 3.32. The molecule has 0 spiro atoms. The first kappa shape index (κ1) is 23.6. The molecule has 3 heterocycles. The van der Waals surface area contributed by atoms with Gasteiger partial charge in [-0.3, -0.25) is 20.0 Å². The highest BCUT2D eigenvalue weighted by molar-refractivity contribution is 7.21. The van der Waals surface area contributed by atoms with E-state index in [1.807, 2.05) is 6.07 Å². The summed E-state index contributed by atoms with van der Waals surface area (Å²) < 4.78 is 24.2. The van der Waals surface area contributed by atoms with Crippen LogP contribution >= 0.6 is 11.3 Å². The number of amides is 2. The number of hydrogen-bond donors (Lipinski definition) is 1. The lowest BCUT2D eigenvalue weighted by Gasteiger charge is -2.19. The molecule has 0 radical (unpaired) electrons. The van der Waals surface area contributed by atoms with Crippen LogP contribution in [0.2, 0.25) is 0 Å². The Hall–Kier alpha value is -4.56. The highest BCUT2D eigenvalue weighted by atomic mass is 32.1. The summed E-state index contributed by atoms with van der Waals surface area (Å²) in [5, 5.41) is 12.6. The van der Waals surface area contributed by atoms with Crippen LogP contribution in [0.4, 0.5) is 20.7 Å². The maximum atomic E-state index is 13.9. The molecule has 0 aliphatic heterocycles. The van der Waals surface area contributed by atoms with Crippen LogP contribution in [0.5, 0.6) is 5.75 Å². The molecular formula is C24H18FN5O4S. The number of carbonyl (C=O) groups excluding carboxylic acids is 2. The third kappa shape index (κ3) is 4.87. The standard InChI is InChI=1S/C24H18FN5O4S/c1-33-19-9-15(4-5-18(19)25)30(8-7-26)23(31)20-10-16-17(12-27-13-21(16)35-20)14-3-6-22(28-11-14)29-24(32)34-2/h3-6,9-13H,8H2,1-2H3,(H,28,29,32). The topological polar surface area (TPSA) is 117 Å².